The second-order valence-electron chi connectivity index (χ2n) is 5.17. The van der Waals surface area contributed by atoms with Gasteiger partial charge in [-0.3, -0.25) is 4.55 Å². The summed E-state index contributed by atoms with van der Waals surface area (Å²) in [5, 5.41) is 11.5. The third-order valence-electron chi connectivity index (χ3n) is 2.81. The molecule has 0 spiro atoms. The molecule has 7 nitrogen and oxygen atoms in total. The smallest absolute Gasteiger partial charge is 0.407 e. The van der Waals surface area contributed by atoms with Gasteiger partial charge in [0.2, 0.25) is 0 Å². The molecule has 0 radical (unpaired) electrons. The molecule has 0 bridgehead atoms. The van der Waals surface area contributed by atoms with E-state index in [0.29, 0.717) is 0 Å². The number of unbranched alkanes of at least 4 members (excludes halogenated alkanes) is 4. The Kier molecular flexibility index (Phi) is 10.9. The highest BCUT2D eigenvalue weighted by Gasteiger charge is 2.15. The fourth-order valence-corrected chi connectivity index (χ4v) is 2.33. The van der Waals surface area contributed by atoms with Crippen LogP contribution in [-0.4, -0.2) is 48.7 Å². The number of alkyl carbamates (subject to hydrolysis) is 1. The van der Waals surface area contributed by atoms with Gasteiger partial charge in [0.05, 0.1) is 6.10 Å². The Morgan fingerprint density at radius 3 is 2.59 bits per heavy atom. The topological polar surface area (TPSA) is 113 Å². The van der Waals surface area contributed by atoms with Crippen molar-refractivity contribution in [2.24, 2.45) is 0 Å². The molecular weight excluding hydrogens is 310 g/mol. The van der Waals surface area contributed by atoms with E-state index in [0.717, 1.165) is 12.8 Å². The molecule has 0 aromatic rings. The standard InChI is InChI=1S/C14H27NO6S/c1-3-4-5-6-7-8-9-12(2)21-14(17)15-10-13(16)11-22(18,19)20/h8-9,12-13,16H,3-7,10-11H2,1-2H3,(H,15,17)(H,18,19,20)/b9-8+. The highest BCUT2D eigenvalue weighted by atomic mass is 32.2. The first-order valence-corrected chi connectivity index (χ1v) is 9.10. The van der Waals surface area contributed by atoms with E-state index in [2.05, 4.69) is 12.2 Å². The van der Waals surface area contributed by atoms with E-state index in [4.69, 9.17) is 9.29 Å². The van der Waals surface area contributed by atoms with E-state index in [9.17, 15) is 18.3 Å². The summed E-state index contributed by atoms with van der Waals surface area (Å²) in [4.78, 5) is 11.4. The van der Waals surface area contributed by atoms with Gasteiger partial charge in [-0.2, -0.15) is 8.42 Å². The van der Waals surface area contributed by atoms with Crippen molar-refractivity contribution in [3.63, 3.8) is 0 Å². The number of rotatable bonds is 11. The van der Waals surface area contributed by atoms with Crippen molar-refractivity contribution in [3.05, 3.63) is 12.2 Å². The highest BCUT2D eigenvalue weighted by Crippen LogP contribution is 2.04. The molecule has 22 heavy (non-hydrogen) atoms. The summed E-state index contributed by atoms with van der Waals surface area (Å²) in [7, 11) is -4.27. The molecule has 0 aliphatic heterocycles. The summed E-state index contributed by atoms with van der Waals surface area (Å²) in [5.74, 6) is -0.833. The van der Waals surface area contributed by atoms with E-state index < -0.39 is 34.2 Å². The SMILES string of the molecule is CCCCCC/C=C/C(C)OC(=O)NCC(O)CS(=O)(=O)O. The Labute approximate surface area is 132 Å². The van der Waals surface area contributed by atoms with E-state index in [1.54, 1.807) is 13.0 Å². The molecule has 0 aliphatic carbocycles. The number of aliphatic hydroxyl groups is 1. The second-order valence-corrected chi connectivity index (χ2v) is 6.67. The van der Waals surface area contributed by atoms with Gasteiger partial charge in [-0.05, 0) is 25.8 Å². The summed E-state index contributed by atoms with van der Waals surface area (Å²) in [5.41, 5.74) is 0. The third-order valence-corrected chi connectivity index (χ3v) is 3.62. The van der Waals surface area contributed by atoms with Crippen LogP contribution in [0.2, 0.25) is 0 Å². The van der Waals surface area contributed by atoms with Crippen LogP contribution in [0.3, 0.4) is 0 Å². The van der Waals surface area contributed by atoms with Gasteiger partial charge in [0.15, 0.2) is 0 Å². The van der Waals surface area contributed by atoms with Gasteiger partial charge in [0.1, 0.15) is 11.9 Å². The molecule has 3 N–H and O–H groups in total. The lowest BCUT2D eigenvalue weighted by Gasteiger charge is -2.13. The molecule has 0 aromatic carbocycles. The quantitative estimate of drug-likeness (QED) is 0.301. The van der Waals surface area contributed by atoms with Gasteiger partial charge >= 0.3 is 6.09 Å². The van der Waals surface area contributed by atoms with Crippen molar-refractivity contribution in [1.29, 1.82) is 0 Å². The average Bonchev–Trinajstić information content (AvgIpc) is 2.38. The lowest BCUT2D eigenvalue weighted by molar-refractivity contribution is 0.118. The number of aliphatic hydroxyl groups excluding tert-OH is 1. The minimum absolute atomic E-state index is 0.313. The fraction of sp³-hybridized carbons (Fsp3) is 0.786. The highest BCUT2D eigenvalue weighted by molar-refractivity contribution is 7.85. The average molecular weight is 337 g/mol. The van der Waals surface area contributed by atoms with Crippen molar-refractivity contribution in [1.82, 2.24) is 5.32 Å². The lowest BCUT2D eigenvalue weighted by Crippen LogP contribution is -2.37. The number of hydrogen-bond donors (Lipinski definition) is 3. The van der Waals surface area contributed by atoms with Crippen molar-refractivity contribution >= 4 is 16.2 Å². The summed E-state index contributed by atoms with van der Waals surface area (Å²) < 4.78 is 34.6. The van der Waals surface area contributed by atoms with Crippen LogP contribution in [-0.2, 0) is 14.9 Å². The predicted molar refractivity (Wildman–Crippen MR) is 84.3 cm³/mol. The van der Waals surface area contributed by atoms with E-state index in [-0.39, 0.29) is 6.54 Å². The van der Waals surface area contributed by atoms with Gasteiger partial charge in [-0.25, -0.2) is 4.79 Å². The van der Waals surface area contributed by atoms with Crippen LogP contribution >= 0.6 is 0 Å². The zero-order valence-corrected chi connectivity index (χ0v) is 14.0. The van der Waals surface area contributed by atoms with E-state index in [1.165, 1.54) is 19.3 Å². The van der Waals surface area contributed by atoms with Crippen LogP contribution < -0.4 is 5.32 Å². The molecule has 0 fully saturated rings. The van der Waals surface area contributed by atoms with Gasteiger partial charge in [0.25, 0.3) is 10.1 Å². The minimum atomic E-state index is -4.27. The Hall–Kier alpha value is -1.12. The normalized spacial score (nSPS) is 14.7. The van der Waals surface area contributed by atoms with Crippen LogP contribution in [0.4, 0.5) is 4.79 Å². The first kappa shape index (κ1) is 20.9. The molecule has 1 amide bonds. The Morgan fingerprint density at radius 2 is 2.00 bits per heavy atom. The molecule has 0 heterocycles. The maximum absolute atomic E-state index is 11.4. The van der Waals surface area contributed by atoms with Gasteiger partial charge in [0, 0.05) is 6.54 Å². The first-order valence-electron chi connectivity index (χ1n) is 7.49. The second kappa shape index (κ2) is 11.4. The van der Waals surface area contributed by atoms with Gasteiger partial charge in [-0.15, -0.1) is 0 Å². The molecule has 0 saturated carbocycles. The Bertz CT molecular complexity index is 435. The van der Waals surface area contributed by atoms with Crippen LogP contribution in [0, 0.1) is 0 Å². The van der Waals surface area contributed by atoms with Crippen LogP contribution in [0.15, 0.2) is 12.2 Å². The summed E-state index contributed by atoms with van der Waals surface area (Å²) in [6.45, 7) is 3.54. The molecule has 8 heteroatoms. The summed E-state index contributed by atoms with van der Waals surface area (Å²) in [6.07, 6.45) is 6.81. The van der Waals surface area contributed by atoms with Gasteiger partial charge in [-0.1, -0.05) is 32.3 Å². The largest absolute Gasteiger partial charge is 0.442 e. The third kappa shape index (κ3) is 13.8. The van der Waals surface area contributed by atoms with Crippen molar-refractivity contribution in [3.8, 4) is 0 Å². The van der Waals surface area contributed by atoms with Crippen LogP contribution in [0.5, 0.6) is 0 Å². The van der Waals surface area contributed by atoms with E-state index >= 15 is 0 Å². The number of ether oxygens (including phenoxy) is 1. The number of nitrogens with one attached hydrogen (secondary N) is 1. The van der Waals surface area contributed by atoms with Crippen molar-refractivity contribution in [2.45, 2.75) is 58.2 Å². The Morgan fingerprint density at radius 1 is 1.32 bits per heavy atom. The lowest BCUT2D eigenvalue weighted by atomic mass is 10.1. The zero-order chi connectivity index (χ0) is 17.0. The van der Waals surface area contributed by atoms with Crippen LogP contribution in [0.25, 0.3) is 0 Å². The Balaban J connectivity index is 3.84. The minimum Gasteiger partial charge on any atom is -0.442 e. The molecule has 2 unspecified atom stereocenters. The maximum atomic E-state index is 11.4. The number of carbonyl (C=O) groups excluding carboxylic acids is 1. The molecule has 0 saturated heterocycles. The zero-order valence-electron chi connectivity index (χ0n) is 13.2. The number of carbonyl (C=O) groups is 1. The number of allylic oxidation sites excluding steroid dienone is 1. The number of hydrogen-bond acceptors (Lipinski definition) is 5. The first-order chi connectivity index (χ1) is 10.2. The van der Waals surface area contributed by atoms with Crippen molar-refractivity contribution in [2.75, 3.05) is 12.3 Å². The summed E-state index contributed by atoms with van der Waals surface area (Å²) >= 11 is 0. The monoisotopic (exact) mass is 337 g/mol. The molecule has 0 rings (SSSR count). The maximum Gasteiger partial charge on any atom is 0.407 e. The number of amides is 1. The summed E-state index contributed by atoms with van der Waals surface area (Å²) in [6, 6.07) is 0. The molecule has 2 atom stereocenters. The van der Waals surface area contributed by atoms with E-state index in [1.807, 2.05) is 6.08 Å². The molecule has 0 aromatic heterocycles. The fourth-order valence-electron chi connectivity index (χ4n) is 1.73. The molecule has 0 aliphatic rings. The van der Waals surface area contributed by atoms with Gasteiger partial charge < -0.3 is 15.2 Å². The predicted octanol–water partition coefficient (Wildman–Crippen LogP) is 1.88. The molecule has 130 valence electrons. The molecular formula is C14H27NO6S. The van der Waals surface area contributed by atoms with Crippen LogP contribution in [0.1, 0.15) is 46.0 Å². The van der Waals surface area contributed by atoms with Crippen molar-refractivity contribution < 1.29 is 27.6 Å².